The van der Waals surface area contributed by atoms with Gasteiger partial charge in [0.1, 0.15) is 5.54 Å². The summed E-state index contributed by atoms with van der Waals surface area (Å²) in [7, 11) is 0. The molecule has 2 N–H and O–H groups in total. The van der Waals surface area contributed by atoms with E-state index >= 15 is 0 Å². The molecule has 6 nitrogen and oxygen atoms in total. The fourth-order valence-corrected chi connectivity index (χ4v) is 3.84. The smallest absolute Gasteiger partial charge is 0.255 e. The molecule has 138 valence electrons. The fraction of sp³-hybridized carbons (Fsp3) is 0.526. The van der Waals surface area contributed by atoms with E-state index in [4.69, 9.17) is 11.6 Å². The SMILES string of the molecule is N#CC1(NC(=O)CNc2cc(Cl)ccc2C(=O)N2CCCC2)CCCC1. The van der Waals surface area contributed by atoms with Gasteiger partial charge in [-0.25, -0.2) is 0 Å². The number of rotatable bonds is 5. The minimum absolute atomic E-state index is 0.00987. The van der Waals surface area contributed by atoms with E-state index in [2.05, 4.69) is 16.7 Å². The molecule has 26 heavy (non-hydrogen) atoms. The van der Waals surface area contributed by atoms with E-state index in [0.29, 0.717) is 29.1 Å². The Balaban J connectivity index is 1.67. The molecule has 0 spiro atoms. The number of carbonyl (C=O) groups excluding carboxylic acids is 2. The standard InChI is InChI=1S/C19H23ClN4O2/c20-14-5-6-15(18(26)24-9-3-4-10-24)16(11-14)22-12-17(25)23-19(13-21)7-1-2-8-19/h5-6,11,22H,1-4,7-10,12H2,(H,23,25). The van der Waals surface area contributed by atoms with E-state index in [0.717, 1.165) is 38.8 Å². The van der Waals surface area contributed by atoms with Crippen molar-refractivity contribution in [3.8, 4) is 6.07 Å². The molecule has 1 aromatic rings. The summed E-state index contributed by atoms with van der Waals surface area (Å²) in [5.74, 6) is -0.306. The number of nitriles is 1. The van der Waals surface area contributed by atoms with Gasteiger partial charge in [-0.05, 0) is 56.7 Å². The van der Waals surface area contributed by atoms with Crippen molar-refractivity contribution in [2.24, 2.45) is 0 Å². The highest BCUT2D eigenvalue weighted by Gasteiger charge is 2.35. The lowest BCUT2D eigenvalue weighted by atomic mass is 10.00. The van der Waals surface area contributed by atoms with Crippen molar-refractivity contribution in [1.82, 2.24) is 10.2 Å². The van der Waals surface area contributed by atoms with Gasteiger partial charge in [0.05, 0.1) is 18.2 Å². The van der Waals surface area contributed by atoms with E-state index < -0.39 is 5.54 Å². The normalized spacial score (nSPS) is 18.4. The maximum absolute atomic E-state index is 12.7. The van der Waals surface area contributed by atoms with E-state index in [1.165, 1.54) is 0 Å². The van der Waals surface area contributed by atoms with Crippen molar-refractivity contribution in [2.75, 3.05) is 25.0 Å². The highest BCUT2D eigenvalue weighted by Crippen LogP contribution is 2.29. The summed E-state index contributed by atoms with van der Waals surface area (Å²) in [6.07, 6.45) is 5.30. The molecule has 3 rings (SSSR count). The van der Waals surface area contributed by atoms with Crippen LogP contribution in [0.1, 0.15) is 48.9 Å². The van der Waals surface area contributed by atoms with Crippen LogP contribution in [0.25, 0.3) is 0 Å². The highest BCUT2D eigenvalue weighted by atomic mass is 35.5. The molecule has 1 heterocycles. The minimum atomic E-state index is -0.749. The van der Waals surface area contributed by atoms with Crippen molar-refractivity contribution < 1.29 is 9.59 Å². The molecule has 1 aromatic carbocycles. The maximum atomic E-state index is 12.7. The van der Waals surface area contributed by atoms with Gasteiger partial charge in [-0.3, -0.25) is 9.59 Å². The minimum Gasteiger partial charge on any atom is -0.375 e. The monoisotopic (exact) mass is 374 g/mol. The molecule has 1 aliphatic carbocycles. The lowest BCUT2D eigenvalue weighted by Crippen LogP contribution is -2.47. The van der Waals surface area contributed by atoms with E-state index in [9.17, 15) is 14.9 Å². The number of amides is 2. The van der Waals surface area contributed by atoms with E-state index in [-0.39, 0.29) is 18.4 Å². The summed E-state index contributed by atoms with van der Waals surface area (Å²) in [5.41, 5.74) is 0.309. The van der Waals surface area contributed by atoms with Gasteiger partial charge < -0.3 is 15.5 Å². The molecule has 0 aromatic heterocycles. The zero-order valence-corrected chi connectivity index (χ0v) is 15.4. The number of hydrogen-bond acceptors (Lipinski definition) is 4. The summed E-state index contributed by atoms with van der Waals surface area (Å²) in [6.45, 7) is 1.50. The van der Waals surface area contributed by atoms with E-state index in [1.807, 2.05) is 4.90 Å². The fourth-order valence-electron chi connectivity index (χ4n) is 3.67. The first-order chi connectivity index (χ1) is 12.5. The largest absolute Gasteiger partial charge is 0.375 e. The van der Waals surface area contributed by atoms with Crippen molar-refractivity contribution in [3.63, 3.8) is 0 Å². The van der Waals surface area contributed by atoms with Gasteiger partial charge in [0, 0.05) is 23.8 Å². The molecule has 2 amide bonds. The van der Waals surface area contributed by atoms with Crippen LogP contribution in [0.2, 0.25) is 5.02 Å². The molecule has 7 heteroatoms. The lowest BCUT2D eigenvalue weighted by molar-refractivity contribution is -0.120. The number of likely N-dealkylation sites (tertiary alicyclic amines) is 1. The van der Waals surface area contributed by atoms with Crippen LogP contribution in [0.5, 0.6) is 0 Å². The first-order valence-corrected chi connectivity index (χ1v) is 9.46. The average molecular weight is 375 g/mol. The Hall–Kier alpha value is -2.26. The Kier molecular flexibility index (Phi) is 5.67. The molecule has 1 saturated carbocycles. The number of halogens is 1. The van der Waals surface area contributed by atoms with Gasteiger partial charge >= 0.3 is 0 Å². The van der Waals surface area contributed by atoms with Crippen LogP contribution in [-0.2, 0) is 4.79 Å². The summed E-state index contributed by atoms with van der Waals surface area (Å²) in [5, 5.41) is 15.7. The Morgan fingerprint density at radius 1 is 1.19 bits per heavy atom. The molecular formula is C19H23ClN4O2. The number of carbonyl (C=O) groups is 2. The third-order valence-corrected chi connectivity index (χ3v) is 5.33. The van der Waals surface area contributed by atoms with Crippen molar-refractivity contribution in [3.05, 3.63) is 28.8 Å². The van der Waals surface area contributed by atoms with E-state index in [1.54, 1.807) is 18.2 Å². The van der Waals surface area contributed by atoms with Gasteiger partial charge in [0.2, 0.25) is 5.91 Å². The zero-order valence-electron chi connectivity index (χ0n) is 14.7. The van der Waals surface area contributed by atoms with Crippen molar-refractivity contribution in [1.29, 1.82) is 5.26 Å². The Bertz CT molecular complexity index is 732. The number of nitrogens with zero attached hydrogens (tertiary/aromatic N) is 2. The van der Waals surface area contributed by atoms with Crippen molar-refractivity contribution >= 4 is 29.1 Å². The number of nitrogens with one attached hydrogen (secondary N) is 2. The summed E-state index contributed by atoms with van der Waals surface area (Å²) in [4.78, 5) is 26.8. The van der Waals surface area contributed by atoms with Gasteiger partial charge in [0.15, 0.2) is 0 Å². The average Bonchev–Trinajstić information content (AvgIpc) is 3.32. The van der Waals surface area contributed by atoms with Crippen LogP contribution in [-0.4, -0.2) is 41.9 Å². The number of hydrogen-bond donors (Lipinski definition) is 2. The molecule has 0 bridgehead atoms. The molecule has 2 aliphatic rings. The van der Waals surface area contributed by atoms with Crippen LogP contribution in [0.4, 0.5) is 5.69 Å². The first-order valence-electron chi connectivity index (χ1n) is 9.08. The second kappa shape index (κ2) is 7.96. The topological polar surface area (TPSA) is 85.2 Å². The quantitative estimate of drug-likeness (QED) is 0.829. The Morgan fingerprint density at radius 3 is 2.54 bits per heavy atom. The molecule has 2 fully saturated rings. The third-order valence-electron chi connectivity index (χ3n) is 5.09. The van der Waals surface area contributed by atoms with Crippen molar-refractivity contribution in [2.45, 2.75) is 44.1 Å². The van der Waals surface area contributed by atoms with Crippen LogP contribution in [0.15, 0.2) is 18.2 Å². The molecule has 1 aliphatic heterocycles. The summed E-state index contributed by atoms with van der Waals surface area (Å²) >= 11 is 6.07. The third kappa shape index (κ3) is 4.10. The molecule has 0 radical (unpaired) electrons. The lowest BCUT2D eigenvalue weighted by Gasteiger charge is -2.23. The molecule has 1 saturated heterocycles. The second-order valence-corrected chi connectivity index (χ2v) is 7.43. The van der Waals surface area contributed by atoms with Gasteiger partial charge in [-0.15, -0.1) is 0 Å². The van der Waals surface area contributed by atoms with Gasteiger partial charge in [-0.2, -0.15) is 5.26 Å². The first kappa shape index (κ1) is 18.5. The maximum Gasteiger partial charge on any atom is 0.255 e. The molecule has 0 atom stereocenters. The predicted octanol–water partition coefficient (Wildman–Crippen LogP) is 2.94. The summed E-state index contributed by atoms with van der Waals surface area (Å²) < 4.78 is 0. The van der Waals surface area contributed by atoms with Gasteiger partial charge in [0.25, 0.3) is 5.91 Å². The Labute approximate surface area is 158 Å². The highest BCUT2D eigenvalue weighted by molar-refractivity contribution is 6.31. The van der Waals surface area contributed by atoms with Crippen LogP contribution in [0.3, 0.4) is 0 Å². The van der Waals surface area contributed by atoms with Crippen LogP contribution in [0, 0.1) is 11.3 Å². The number of benzene rings is 1. The van der Waals surface area contributed by atoms with Crippen LogP contribution < -0.4 is 10.6 Å². The Morgan fingerprint density at radius 2 is 1.88 bits per heavy atom. The summed E-state index contributed by atoms with van der Waals surface area (Å²) in [6, 6.07) is 7.27. The predicted molar refractivity (Wildman–Crippen MR) is 100 cm³/mol. The second-order valence-electron chi connectivity index (χ2n) is 6.99. The molecule has 0 unspecified atom stereocenters. The molecular weight excluding hydrogens is 352 g/mol. The number of anilines is 1. The van der Waals surface area contributed by atoms with Crippen LogP contribution >= 0.6 is 11.6 Å². The van der Waals surface area contributed by atoms with Gasteiger partial charge in [-0.1, -0.05) is 11.6 Å². The zero-order chi connectivity index (χ0) is 18.6.